The van der Waals surface area contributed by atoms with Gasteiger partial charge in [-0.25, -0.2) is 9.79 Å². The molecule has 138 valence electrons. The van der Waals surface area contributed by atoms with Gasteiger partial charge in [0.2, 0.25) is 0 Å². The molecule has 1 fully saturated rings. The molecule has 1 atom stereocenters. The summed E-state index contributed by atoms with van der Waals surface area (Å²) in [4.78, 5) is 27.8. The minimum absolute atomic E-state index is 0.236. The molecule has 1 aliphatic heterocycles. The largest absolute Gasteiger partial charge is 0.479 e. The van der Waals surface area contributed by atoms with Crippen LogP contribution in [0.4, 0.5) is 5.69 Å². The van der Waals surface area contributed by atoms with Crippen LogP contribution in [0.1, 0.15) is 12.5 Å². The number of carbonyl (C=O) groups is 2. The van der Waals surface area contributed by atoms with E-state index in [1.165, 1.54) is 18.7 Å². The quantitative estimate of drug-likeness (QED) is 0.735. The number of ether oxygens (including phenoxy) is 1. The molecule has 2 aromatic rings. The number of hydrogen-bond donors (Lipinski definition) is 2. The molecule has 0 spiro atoms. The molecule has 1 heterocycles. The minimum Gasteiger partial charge on any atom is -0.479 e. The molecule has 0 radical (unpaired) electrons. The lowest BCUT2D eigenvalue weighted by Crippen LogP contribution is -2.22. The number of nitrogens with zero attached hydrogens (tertiary/aromatic N) is 1. The van der Waals surface area contributed by atoms with Gasteiger partial charge in [0, 0.05) is 5.02 Å². The Labute approximate surface area is 164 Å². The first-order valence-corrected chi connectivity index (χ1v) is 9.15. The lowest BCUT2D eigenvalue weighted by Gasteiger charge is -2.10. The molecule has 0 aromatic heterocycles. The first-order valence-electron chi connectivity index (χ1n) is 7.95. The van der Waals surface area contributed by atoms with E-state index in [9.17, 15) is 9.59 Å². The Morgan fingerprint density at radius 2 is 2.04 bits per heavy atom. The van der Waals surface area contributed by atoms with Crippen LogP contribution in [0, 0.1) is 0 Å². The third-order valence-corrected chi connectivity index (χ3v) is 4.67. The summed E-state index contributed by atoms with van der Waals surface area (Å²) in [5.74, 6) is -0.828. The second-order valence-electron chi connectivity index (χ2n) is 5.63. The Balaban J connectivity index is 1.72. The van der Waals surface area contributed by atoms with Gasteiger partial charge in [-0.1, -0.05) is 29.8 Å². The zero-order chi connectivity index (χ0) is 19.4. The summed E-state index contributed by atoms with van der Waals surface area (Å²) in [6, 6.07) is 13.8. The number of thioether (sulfide) groups is 1. The van der Waals surface area contributed by atoms with E-state index < -0.39 is 12.1 Å². The van der Waals surface area contributed by atoms with Crippen molar-refractivity contribution in [1.29, 1.82) is 0 Å². The third-order valence-electron chi connectivity index (χ3n) is 3.53. The number of carboxylic acid groups (broad SMARTS) is 1. The van der Waals surface area contributed by atoms with Gasteiger partial charge in [0.05, 0.1) is 10.6 Å². The molecule has 2 N–H and O–H groups in total. The number of halogens is 1. The average molecular weight is 403 g/mol. The summed E-state index contributed by atoms with van der Waals surface area (Å²) < 4.78 is 5.28. The Morgan fingerprint density at radius 1 is 1.30 bits per heavy atom. The van der Waals surface area contributed by atoms with Crippen LogP contribution in [0.2, 0.25) is 5.02 Å². The van der Waals surface area contributed by atoms with Gasteiger partial charge in [-0.3, -0.25) is 4.79 Å². The molecule has 0 saturated carbocycles. The summed E-state index contributed by atoms with van der Waals surface area (Å²) in [5, 5.41) is 12.6. The van der Waals surface area contributed by atoms with E-state index in [-0.39, 0.29) is 5.91 Å². The maximum absolute atomic E-state index is 12.1. The number of hydrogen-bond acceptors (Lipinski definition) is 5. The van der Waals surface area contributed by atoms with E-state index in [0.717, 1.165) is 5.56 Å². The zero-order valence-corrected chi connectivity index (χ0v) is 15.8. The Bertz CT molecular complexity index is 941. The molecular formula is C19H15ClN2O4S. The third kappa shape index (κ3) is 5.12. The summed E-state index contributed by atoms with van der Waals surface area (Å²) in [5.41, 5.74) is 1.44. The van der Waals surface area contributed by atoms with Crippen molar-refractivity contribution < 1.29 is 19.4 Å². The molecule has 0 unspecified atom stereocenters. The summed E-state index contributed by atoms with van der Waals surface area (Å²) in [6.07, 6.45) is 0.792. The molecule has 0 aliphatic carbocycles. The summed E-state index contributed by atoms with van der Waals surface area (Å²) in [7, 11) is 0. The van der Waals surface area contributed by atoms with Crippen molar-refractivity contribution in [2.75, 3.05) is 0 Å². The number of carbonyl (C=O) groups excluding carboxylic acids is 1. The first kappa shape index (κ1) is 19.0. The average Bonchev–Trinajstić information content (AvgIpc) is 2.95. The molecule has 1 amide bonds. The van der Waals surface area contributed by atoms with Gasteiger partial charge in [0.1, 0.15) is 5.75 Å². The van der Waals surface area contributed by atoms with Crippen LogP contribution in [-0.4, -0.2) is 28.3 Å². The lowest BCUT2D eigenvalue weighted by atomic mass is 10.2. The second kappa shape index (κ2) is 8.28. The normalized spacial score (nSPS) is 17.8. The number of nitrogens with one attached hydrogen (secondary N) is 1. The van der Waals surface area contributed by atoms with Gasteiger partial charge in [0.25, 0.3) is 5.91 Å². The SMILES string of the molecule is C[C@@H](Oc1ccc(/C=C2\SC(=Nc3cccc(Cl)c3)NC2=O)cc1)C(=O)O. The molecule has 0 bridgehead atoms. The van der Waals surface area contributed by atoms with Gasteiger partial charge in [-0.05, 0) is 60.7 Å². The summed E-state index contributed by atoms with van der Waals surface area (Å²) >= 11 is 7.17. The number of amidine groups is 1. The maximum Gasteiger partial charge on any atom is 0.344 e. The van der Waals surface area contributed by atoms with Crippen molar-refractivity contribution in [3.05, 3.63) is 64.0 Å². The number of aliphatic imine (C=N–C) groups is 1. The predicted molar refractivity (Wildman–Crippen MR) is 106 cm³/mol. The predicted octanol–water partition coefficient (Wildman–Crippen LogP) is 4.08. The minimum atomic E-state index is -1.04. The Hall–Kier alpha value is -2.77. The molecule has 1 aliphatic rings. The standard InChI is InChI=1S/C19H15ClN2O4S/c1-11(18(24)25)26-15-7-5-12(6-8-15)9-16-17(23)22-19(27-16)21-14-4-2-3-13(20)10-14/h2-11H,1H3,(H,24,25)(H,21,22,23)/b16-9-/t11-/m1/s1. The molecule has 1 saturated heterocycles. The van der Waals surface area contributed by atoms with Crippen molar-refractivity contribution >= 4 is 52.2 Å². The summed E-state index contributed by atoms with van der Waals surface area (Å²) in [6.45, 7) is 1.46. The van der Waals surface area contributed by atoms with E-state index in [4.69, 9.17) is 21.4 Å². The van der Waals surface area contributed by atoms with Gasteiger partial charge in [-0.2, -0.15) is 0 Å². The molecule has 27 heavy (non-hydrogen) atoms. The second-order valence-corrected chi connectivity index (χ2v) is 7.10. The fourth-order valence-electron chi connectivity index (χ4n) is 2.19. The van der Waals surface area contributed by atoms with E-state index >= 15 is 0 Å². The Kier molecular flexibility index (Phi) is 5.83. The van der Waals surface area contributed by atoms with Crippen LogP contribution in [0.3, 0.4) is 0 Å². The van der Waals surface area contributed by atoms with Crippen LogP contribution in [0.5, 0.6) is 5.75 Å². The topological polar surface area (TPSA) is 88.0 Å². The monoisotopic (exact) mass is 402 g/mol. The van der Waals surface area contributed by atoms with Gasteiger partial charge < -0.3 is 15.2 Å². The van der Waals surface area contributed by atoms with Crippen molar-refractivity contribution in [2.24, 2.45) is 4.99 Å². The van der Waals surface area contributed by atoms with Crippen LogP contribution < -0.4 is 10.1 Å². The number of rotatable bonds is 5. The number of benzene rings is 2. The highest BCUT2D eigenvalue weighted by atomic mass is 35.5. The van der Waals surface area contributed by atoms with E-state index in [1.54, 1.807) is 54.6 Å². The molecule has 3 rings (SSSR count). The van der Waals surface area contributed by atoms with Crippen LogP contribution in [0.15, 0.2) is 58.4 Å². The van der Waals surface area contributed by atoms with Crippen molar-refractivity contribution in [3.8, 4) is 5.75 Å². The highest BCUT2D eigenvalue weighted by molar-refractivity contribution is 8.18. The van der Waals surface area contributed by atoms with Crippen LogP contribution in [-0.2, 0) is 9.59 Å². The van der Waals surface area contributed by atoms with Crippen molar-refractivity contribution in [3.63, 3.8) is 0 Å². The number of carboxylic acids is 1. The first-order chi connectivity index (χ1) is 12.9. The zero-order valence-electron chi connectivity index (χ0n) is 14.2. The molecular weight excluding hydrogens is 388 g/mol. The van der Waals surface area contributed by atoms with Gasteiger partial charge >= 0.3 is 5.97 Å². The molecule has 2 aromatic carbocycles. The van der Waals surface area contributed by atoms with E-state index in [0.29, 0.717) is 26.5 Å². The highest BCUT2D eigenvalue weighted by Gasteiger charge is 2.23. The van der Waals surface area contributed by atoms with Crippen LogP contribution >= 0.6 is 23.4 Å². The lowest BCUT2D eigenvalue weighted by molar-refractivity contribution is -0.144. The number of aliphatic carboxylic acids is 1. The van der Waals surface area contributed by atoms with Gasteiger partial charge in [-0.15, -0.1) is 0 Å². The van der Waals surface area contributed by atoms with E-state index in [2.05, 4.69) is 10.3 Å². The molecule has 6 nitrogen and oxygen atoms in total. The number of amides is 1. The fraction of sp³-hybridized carbons (Fsp3) is 0.105. The molecule has 8 heteroatoms. The Morgan fingerprint density at radius 3 is 2.70 bits per heavy atom. The van der Waals surface area contributed by atoms with Gasteiger partial charge in [0.15, 0.2) is 11.3 Å². The van der Waals surface area contributed by atoms with Crippen molar-refractivity contribution in [1.82, 2.24) is 5.32 Å². The van der Waals surface area contributed by atoms with Crippen molar-refractivity contribution in [2.45, 2.75) is 13.0 Å². The maximum atomic E-state index is 12.1. The van der Waals surface area contributed by atoms with Crippen LogP contribution in [0.25, 0.3) is 6.08 Å². The smallest absolute Gasteiger partial charge is 0.344 e. The highest BCUT2D eigenvalue weighted by Crippen LogP contribution is 2.29. The fourth-order valence-corrected chi connectivity index (χ4v) is 3.22. The van der Waals surface area contributed by atoms with E-state index in [1.807, 2.05) is 0 Å².